The van der Waals surface area contributed by atoms with Crippen LogP contribution in [0.4, 0.5) is 11.4 Å². The van der Waals surface area contributed by atoms with Gasteiger partial charge in [0.15, 0.2) is 11.5 Å². The van der Waals surface area contributed by atoms with E-state index in [1.807, 2.05) is 49.6 Å². The fraction of sp³-hybridized carbons (Fsp3) is 0.167. The molecule has 2 aliphatic rings. The van der Waals surface area contributed by atoms with Crippen LogP contribution in [0.15, 0.2) is 59.6 Å². The van der Waals surface area contributed by atoms with Crippen molar-refractivity contribution in [2.45, 2.75) is 13.8 Å². The van der Waals surface area contributed by atoms with Crippen molar-refractivity contribution in [1.82, 2.24) is 0 Å². The first-order chi connectivity index (χ1) is 15.0. The Bertz CT molecular complexity index is 1230. The zero-order valence-corrected chi connectivity index (χ0v) is 17.9. The fourth-order valence-electron chi connectivity index (χ4n) is 3.76. The quantitative estimate of drug-likeness (QED) is 0.614. The number of amides is 2. The number of benzene rings is 2. The summed E-state index contributed by atoms with van der Waals surface area (Å²) in [5.74, 6) is 0.561. The van der Waals surface area contributed by atoms with E-state index >= 15 is 0 Å². The van der Waals surface area contributed by atoms with Crippen molar-refractivity contribution >= 4 is 40.1 Å². The molecule has 0 aliphatic carbocycles. The Labute approximate surface area is 183 Å². The van der Waals surface area contributed by atoms with Crippen LogP contribution in [0.2, 0.25) is 0 Å². The molecular weight excluding hydrogens is 412 g/mol. The molecule has 0 spiro atoms. The van der Waals surface area contributed by atoms with Crippen molar-refractivity contribution in [2.24, 2.45) is 0 Å². The summed E-state index contributed by atoms with van der Waals surface area (Å²) in [5.41, 5.74) is 3.79. The van der Waals surface area contributed by atoms with Gasteiger partial charge in [0.05, 0.1) is 11.3 Å². The van der Waals surface area contributed by atoms with Crippen molar-refractivity contribution in [2.75, 3.05) is 23.4 Å². The summed E-state index contributed by atoms with van der Waals surface area (Å²) in [4.78, 5) is 29.0. The van der Waals surface area contributed by atoms with Crippen LogP contribution < -0.4 is 19.7 Å². The predicted octanol–water partition coefficient (Wildman–Crippen LogP) is 4.53. The lowest BCUT2D eigenvalue weighted by Gasteiger charge is -2.20. The number of hydrogen-bond donors (Lipinski definition) is 1. The van der Waals surface area contributed by atoms with Crippen molar-refractivity contribution in [3.05, 3.63) is 75.6 Å². The zero-order valence-electron chi connectivity index (χ0n) is 17.1. The molecule has 0 bridgehead atoms. The van der Waals surface area contributed by atoms with Crippen molar-refractivity contribution in [3.8, 4) is 11.5 Å². The molecule has 0 saturated carbocycles. The van der Waals surface area contributed by atoms with E-state index in [-0.39, 0.29) is 17.5 Å². The van der Waals surface area contributed by atoms with Crippen LogP contribution >= 0.6 is 11.3 Å². The minimum absolute atomic E-state index is 0.255. The number of nitrogens with zero attached hydrogens (tertiary/aromatic N) is 1. The molecule has 2 amide bonds. The first-order valence-electron chi connectivity index (χ1n) is 9.94. The molecule has 2 aliphatic heterocycles. The third-order valence-corrected chi connectivity index (χ3v) is 6.37. The highest BCUT2D eigenvalue weighted by Crippen LogP contribution is 2.38. The highest BCUT2D eigenvalue weighted by atomic mass is 32.1. The van der Waals surface area contributed by atoms with E-state index in [1.165, 1.54) is 16.2 Å². The predicted molar refractivity (Wildman–Crippen MR) is 121 cm³/mol. The maximum Gasteiger partial charge on any atom is 0.282 e. The second-order valence-corrected chi connectivity index (χ2v) is 8.32. The molecule has 7 heteroatoms. The summed E-state index contributed by atoms with van der Waals surface area (Å²) < 4.78 is 11.2. The summed E-state index contributed by atoms with van der Waals surface area (Å²) in [5, 5.41) is 5.07. The van der Waals surface area contributed by atoms with Gasteiger partial charge < -0.3 is 14.8 Å². The molecule has 1 aromatic heterocycles. The van der Waals surface area contributed by atoms with Gasteiger partial charge in [-0.1, -0.05) is 18.2 Å². The molecule has 156 valence electrons. The highest BCUT2D eigenvalue weighted by molar-refractivity contribution is 7.11. The van der Waals surface area contributed by atoms with Gasteiger partial charge in [-0.05, 0) is 54.6 Å². The lowest BCUT2D eigenvalue weighted by molar-refractivity contribution is -0.120. The van der Waals surface area contributed by atoms with E-state index in [0.29, 0.717) is 41.7 Å². The number of imide groups is 1. The second-order valence-electron chi connectivity index (χ2n) is 7.38. The minimum Gasteiger partial charge on any atom is -0.486 e. The molecule has 0 radical (unpaired) electrons. The smallest absolute Gasteiger partial charge is 0.282 e. The number of carbonyl (C=O) groups excluding carboxylic acids is 2. The molecule has 0 atom stereocenters. The summed E-state index contributed by atoms with van der Waals surface area (Å²) >= 11 is 1.43. The van der Waals surface area contributed by atoms with Gasteiger partial charge in [-0.2, -0.15) is 0 Å². The van der Waals surface area contributed by atoms with E-state index in [1.54, 1.807) is 18.2 Å². The standard InChI is InChI=1S/C24H20N2O4S/c1-14-5-3-6-17(15(14)2)26-23(27)21(20-7-4-12-31-20)22(24(26)28)25-16-8-9-18-19(13-16)30-11-10-29-18/h3-9,12-13,25H,10-11H2,1-2H3. The molecule has 0 fully saturated rings. The maximum absolute atomic E-state index is 13.5. The monoisotopic (exact) mass is 432 g/mol. The fourth-order valence-corrected chi connectivity index (χ4v) is 4.53. The van der Waals surface area contributed by atoms with Gasteiger partial charge in [0.1, 0.15) is 18.9 Å². The molecule has 3 aromatic rings. The Balaban J connectivity index is 1.58. The number of fused-ring (bicyclic) bond motifs is 1. The maximum atomic E-state index is 13.5. The number of aryl methyl sites for hydroxylation is 1. The van der Waals surface area contributed by atoms with E-state index in [9.17, 15) is 9.59 Å². The summed E-state index contributed by atoms with van der Waals surface area (Å²) in [7, 11) is 0. The molecule has 31 heavy (non-hydrogen) atoms. The van der Waals surface area contributed by atoms with E-state index in [4.69, 9.17) is 9.47 Å². The topological polar surface area (TPSA) is 67.9 Å². The van der Waals surface area contributed by atoms with Gasteiger partial charge in [0.25, 0.3) is 11.8 Å². The van der Waals surface area contributed by atoms with E-state index in [0.717, 1.165) is 16.0 Å². The van der Waals surface area contributed by atoms with Gasteiger partial charge >= 0.3 is 0 Å². The van der Waals surface area contributed by atoms with Crippen LogP contribution in [-0.2, 0) is 9.59 Å². The Hall–Kier alpha value is -3.58. The van der Waals surface area contributed by atoms with Gasteiger partial charge in [-0.15, -0.1) is 11.3 Å². The van der Waals surface area contributed by atoms with Crippen LogP contribution in [0.3, 0.4) is 0 Å². The molecule has 0 unspecified atom stereocenters. The first kappa shape index (κ1) is 19.4. The third kappa shape index (κ3) is 3.27. The molecule has 5 rings (SSSR count). The Morgan fingerprint density at radius 1 is 0.935 bits per heavy atom. The molecule has 1 N–H and O–H groups in total. The summed E-state index contributed by atoms with van der Waals surface area (Å²) in [6.07, 6.45) is 0. The molecule has 0 saturated heterocycles. The highest BCUT2D eigenvalue weighted by Gasteiger charge is 2.41. The number of hydrogen-bond acceptors (Lipinski definition) is 6. The summed E-state index contributed by atoms with van der Waals surface area (Å²) in [6, 6.07) is 14.7. The lowest BCUT2D eigenvalue weighted by Crippen LogP contribution is -2.33. The van der Waals surface area contributed by atoms with Crippen molar-refractivity contribution in [1.29, 1.82) is 0 Å². The Kier molecular flexibility index (Phi) is 4.75. The van der Waals surface area contributed by atoms with Gasteiger partial charge in [-0.25, -0.2) is 4.90 Å². The number of carbonyl (C=O) groups is 2. The van der Waals surface area contributed by atoms with Crippen molar-refractivity contribution < 1.29 is 19.1 Å². The van der Waals surface area contributed by atoms with Crippen LogP contribution in [-0.4, -0.2) is 25.0 Å². The molecule has 3 heterocycles. The Morgan fingerprint density at radius 2 is 1.74 bits per heavy atom. The van der Waals surface area contributed by atoms with E-state index in [2.05, 4.69) is 5.32 Å². The van der Waals surface area contributed by atoms with Gasteiger partial charge in [-0.3, -0.25) is 9.59 Å². The first-order valence-corrected chi connectivity index (χ1v) is 10.8. The number of ether oxygens (including phenoxy) is 2. The van der Waals surface area contributed by atoms with Crippen LogP contribution in [0.1, 0.15) is 16.0 Å². The van der Waals surface area contributed by atoms with Gasteiger partial charge in [0.2, 0.25) is 0 Å². The minimum atomic E-state index is -0.378. The second kappa shape index (κ2) is 7.59. The molecule has 2 aromatic carbocycles. The number of anilines is 2. The van der Waals surface area contributed by atoms with Crippen LogP contribution in [0.25, 0.3) is 5.57 Å². The largest absolute Gasteiger partial charge is 0.486 e. The average Bonchev–Trinajstić information content (AvgIpc) is 3.37. The average molecular weight is 433 g/mol. The number of nitrogens with one attached hydrogen (secondary N) is 1. The third-order valence-electron chi connectivity index (χ3n) is 5.48. The van der Waals surface area contributed by atoms with Gasteiger partial charge in [0, 0.05) is 16.6 Å². The molecular formula is C24H20N2O4S. The van der Waals surface area contributed by atoms with Crippen LogP contribution in [0, 0.1) is 13.8 Å². The van der Waals surface area contributed by atoms with E-state index < -0.39 is 0 Å². The van der Waals surface area contributed by atoms with Crippen LogP contribution in [0.5, 0.6) is 11.5 Å². The molecule has 6 nitrogen and oxygen atoms in total. The SMILES string of the molecule is Cc1cccc(N2C(=O)C(Nc3ccc4c(c3)OCCO4)=C(c3cccs3)C2=O)c1C. The van der Waals surface area contributed by atoms with Crippen molar-refractivity contribution in [3.63, 3.8) is 0 Å². The Morgan fingerprint density at radius 3 is 2.52 bits per heavy atom. The number of rotatable bonds is 4. The summed E-state index contributed by atoms with van der Waals surface area (Å²) in [6.45, 7) is 4.86. The normalized spacial score (nSPS) is 15.6. The lowest BCUT2D eigenvalue weighted by atomic mass is 10.1. The zero-order chi connectivity index (χ0) is 21.5. The number of thiophene rings is 1.